The van der Waals surface area contributed by atoms with Crippen molar-refractivity contribution >= 4 is 17.3 Å². The van der Waals surface area contributed by atoms with Crippen LogP contribution in [0.2, 0.25) is 0 Å². The van der Waals surface area contributed by atoms with Gasteiger partial charge in [-0.05, 0) is 37.6 Å². The molecule has 1 rings (SSSR count). The highest BCUT2D eigenvalue weighted by molar-refractivity contribution is 5.74. The number of hydrogen-bond acceptors (Lipinski definition) is 3. The first-order chi connectivity index (χ1) is 7.04. The number of likely N-dealkylation sites (N-methyl/N-ethyl adjacent to an activating group) is 1. The molecule has 0 fully saturated rings. The third-order valence-corrected chi connectivity index (χ3v) is 2.33. The van der Waals surface area contributed by atoms with Crippen LogP contribution in [0.1, 0.15) is 12.5 Å². The molecule has 3 N–H and O–H groups in total. The molecule has 4 nitrogen and oxygen atoms in total. The van der Waals surface area contributed by atoms with Crippen molar-refractivity contribution in [2.24, 2.45) is 0 Å². The zero-order valence-electron chi connectivity index (χ0n) is 9.03. The molecule has 15 heavy (non-hydrogen) atoms. The monoisotopic (exact) mass is 208 g/mol. The minimum Gasteiger partial charge on any atom is -0.480 e. The minimum absolute atomic E-state index is 0.0137. The number of hydrogen-bond donors (Lipinski definition) is 2. The van der Waals surface area contributed by atoms with Gasteiger partial charge in [-0.2, -0.15) is 0 Å². The zero-order valence-corrected chi connectivity index (χ0v) is 9.03. The Hall–Kier alpha value is -1.71. The molecule has 0 saturated carbocycles. The first kappa shape index (κ1) is 11.4. The van der Waals surface area contributed by atoms with Crippen LogP contribution in [0.3, 0.4) is 0 Å². The van der Waals surface area contributed by atoms with Crippen LogP contribution in [0, 0.1) is 6.92 Å². The summed E-state index contributed by atoms with van der Waals surface area (Å²) in [5.74, 6) is -0.827. The number of nitrogens with zero attached hydrogens (tertiary/aromatic N) is 1. The van der Waals surface area contributed by atoms with Gasteiger partial charge in [-0.1, -0.05) is 0 Å². The molecule has 0 unspecified atom stereocenters. The second-order valence-electron chi connectivity index (χ2n) is 3.45. The molecule has 0 aromatic heterocycles. The second kappa shape index (κ2) is 4.68. The zero-order chi connectivity index (χ0) is 11.4. The minimum atomic E-state index is -0.827. The lowest BCUT2D eigenvalue weighted by atomic mass is 10.1. The lowest BCUT2D eigenvalue weighted by Gasteiger charge is -2.21. The fraction of sp³-hybridized carbons (Fsp3) is 0.364. The highest BCUT2D eigenvalue weighted by atomic mass is 16.4. The molecule has 0 aliphatic rings. The van der Waals surface area contributed by atoms with Crippen LogP contribution in [0.25, 0.3) is 0 Å². The second-order valence-corrected chi connectivity index (χ2v) is 3.45. The molecular weight excluding hydrogens is 192 g/mol. The number of anilines is 2. The molecule has 1 aromatic rings. The molecule has 1 aromatic carbocycles. The number of nitrogen functional groups attached to an aromatic ring is 1. The summed E-state index contributed by atoms with van der Waals surface area (Å²) in [7, 11) is 0. The van der Waals surface area contributed by atoms with Gasteiger partial charge in [0.1, 0.15) is 6.54 Å². The summed E-state index contributed by atoms with van der Waals surface area (Å²) in [6.07, 6.45) is 0. The molecule has 82 valence electrons. The van der Waals surface area contributed by atoms with Crippen LogP contribution in [0.4, 0.5) is 11.4 Å². The topological polar surface area (TPSA) is 66.6 Å². The molecule has 4 heteroatoms. The average Bonchev–Trinajstić information content (AvgIpc) is 2.18. The molecule has 0 aliphatic heterocycles. The van der Waals surface area contributed by atoms with Crippen LogP contribution < -0.4 is 10.6 Å². The first-order valence-electron chi connectivity index (χ1n) is 4.87. The summed E-state index contributed by atoms with van der Waals surface area (Å²) in [6, 6.07) is 5.55. The Kier molecular flexibility index (Phi) is 3.55. The van der Waals surface area contributed by atoms with E-state index in [4.69, 9.17) is 10.8 Å². The Balaban J connectivity index is 2.92. The quantitative estimate of drug-likeness (QED) is 0.736. The van der Waals surface area contributed by atoms with Gasteiger partial charge in [-0.25, -0.2) is 0 Å². The Morgan fingerprint density at radius 2 is 2.20 bits per heavy atom. The largest absolute Gasteiger partial charge is 0.480 e. The first-order valence-corrected chi connectivity index (χ1v) is 4.87. The summed E-state index contributed by atoms with van der Waals surface area (Å²) >= 11 is 0. The summed E-state index contributed by atoms with van der Waals surface area (Å²) in [4.78, 5) is 12.4. The van der Waals surface area contributed by atoms with E-state index in [9.17, 15) is 4.79 Å². The fourth-order valence-corrected chi connectivity index (χ4v) is 1.41. The third-order valence-electron chi connectivity index (χ3n) is 2.33. The number of carboxylic acid groups (broad SMARTS) is 1. The van der Waals surface area contributed by atoms with Crippen LogP contribution in [0.15, 0.2) is 18.2 Å². The maximum Gasteiger partial charge on any atom is 0.323 e. The molecule has 0 atom stereocenters. The number of aryl methyl sites for hydroxylation is 1. The van der Waals surface area contributed by atoms with Gasteiger partial charge in [0.25, 0.3) is 0 Å². The number of benzene rings is 1. The molecule has 0 amide bonds. The van der Waals surface area contributed by atoms with E-state index >= 15 is 0 Å². The molecule has 0 heterocycles. The normalized spacial score (nSPS) is 10.0. The van der Waals surface area contributed by atoms with Gasteiger partial charge in [-0.15, -0.1) is 0 Å². The predicted molar refractivity (Wildman–Crippen MR) is 61.1 cm³/mol. The van der Waals surface area contributed by atoms with Crippen LogP contribution >= 0.6 is 0 Å². The van der Waals surface area contributed by atoms with Crippen molar-refractivity contribution in [3.05, 3.63) is 23.8 Å². The Morgan fingerprint density at radius 1 is 1.53 bits per heavy atom. The van der Waals surface area contributed by atoms with Crippen molar-refractivity contribution in [1.82, 2.24) is 0 Å². The standard InChI is InChI=1S/C11H16N2O2/c1-3-13(7-11(14)15)9-4-5-10(12)8(2)6-9/h4-6H,3,7,12H2,1-2H3,(H,14,15). The van der Waals surface area contributed by atoms with Gasteiger partial charge >= 0.3 is 5.97 Å². The van der Waals surface area contributed by atoms with Crippen LogP contribution in [-0.4, -0.2) is 24.2 Å². The number of aliphatic carboxylic acids is 1. The Bertz CT molecular complexity index is 364. The Labute approximate surface area is 89.3 Å². The predicted octanol–water partition coefficient (Wildman–Crippen LogP) is 1.49. The van der Waals surface area contributed by atoms with E-state index in [0.717, 1.165) is 16.9 Å². The summed E-state index contributed by atoms with van der Waals surface area (Å²) < 4.78 is 0. The van der Waals surface area contributed by atoms with Gasteiger partial charge in [0.15, 0.2) is 0 Å². The van der Waals surface area contributed by atoms with Crippen LogP contribution in [0.5, 0.6) is 0 Å². The van der Waals surface area contributed by atoms with Gasteiger partial charge < -0.3 is 15.7 Å². The molecule has 0 saturated heterocycles. The number of carboxylic acids is 1. The van der Waals surface area contributed by atoms with E-state index in [-0.39, 0.29) is 6.54 Å². The summed E-state index contributed by atoms with van der Waals surface area (Å²) in [6.45, 7) is 4.51. The molecule has 0 spiro atoms. The summed E-state index contributed by atoms with van der Waals surface area (Å²) in [5.41, 5.74) is 8.29. The van der Waals surface area contributed by atoms with Crippen molar-refractivity contribution in [2.45, 2.75) is 13.8 Å². The average molecular weight is 208 g/mol. The van der Waals surface area contributed by atoms with Crippen molar-refractivity contribution in [3.63, 3.8) is 0 Å². The molecular formula is C11H16N2O2. The number of rotatable bonds is 4. The van der Waals surface area contributed by atoms with E-state index in [2.05, 4.69) is 0 Å². The van der Waals surface area contributed by atoms with Gasteiger partial charge in [0.2, 0.25) is 0 Å². The SMILES string of the molecule is CCN(CC(=O)O)c1ccc(N)c(C)c1. The van der Waals surface area contributed by atoms with Gasteiger partial charge in [-0.3, -0.25) is 4.79 Å². The van der Waals surface area contributed by atoms with E-state index < -0.39 is 5.97 Å². The maximum atomic E-state index is 10.6. The van der Waals surface area contributed by atoms with Crippen LogP contribution in [-0.2, 0) is 4.79 Å². The molecule has 0 radical (unpaired) electrons. The highest BCUT2D eigenvalue weighted by Crippen LogP contribution is 2.20. The fourth-order valence-electron chi connectivity index (χ4n) is 1.41. The lowest BCUT2D eigenvalue weighted by molar-refractivity contribution is -0.135. The van der Waals surface area contributed by atoms with Gasteiger partial charge in [0, 0.05) is 17.9 Å². The third kappa shape index (κ3) is 2.87. The van der Waals surface area contributed by atoms with E-state index in [1.165, 1.54) is 0 Å². The van der Waals surface area contributed by atoms with Crippen molar-refractivity contribution < 1.29 is 9.90 Å². The van der Waals surface area contributed by atoms with E-state index in [1.54, 1.807) is 11.0 Å². The van der Waals surface area contributed by atoms with Crippen molar-refractivity contribution in [2.75, 3.05) is 23.7 Å². The van der Waals surface area contributed by atoms with Crippen molar-refractivity contribution in [1.29, 1.82) is 0 Å². The summed E-state index contributed by atoms with van der Waals surface area (Å²) in [5, 5.41) is 8.73. The van der Waals surface area contributed by atoms with E-state index in [0.29, 0.717) is 6.54 Å². The maximum absolute atomic E-state index is 10.6. The highest BCUT2D eigenvalue weighted by Gasteiger charge is 2.08. The van der Waals surface area contributed by atoms with E-state index in [1.807, 2.05) is 26.0 Å². The van der Waals surface area contributed by atoms with Gasteiger partial charge in [0.05, 0.1) is 0 Å². The lowest BCUT2D eigenvalue weighted by Crippen LogP contribution is -2.29. The molecule has 0 bridgehead atoms. The Morgan fingerprint density at radius 3 is 2.67 bits per heavy atom. The van der Waals surface area contributed by atoms with Crippen molar-refractivity contribution in [3.8, 4) is 0 Å². The number of carbonyl (C=O) groups is 1. The molecule has 0 aliphatic carbocycles. The smallest absolute Gasteiger partial charge is 0.323 e. The number of nitrogens with two attached hydrogens (primary N) is 1.